The molecular weight excluding hydrogens is 491 g/mol. The fraction of sp³-hybridized carbons (Fsp3) is 0.267. The molecule has 1 unspecified atom stereocenters. The van der Waals surface area contributed by atoms with Crippen LogP contribution in [0.2, 0.25) is 0 Å². The van der Waals surface area contributed by atoms with E-state index in [4.69, 9.17) is 0 Å². The highest BCUT2D eigenvalue weighted by molar-refractivity contribution is 5.97. The van der Waals surface area contributed by atoms with E-state index in [1.807, 2.05) is 53.2 Å². The van der Waals surface area contributed by atoms with E-state index in [0.29, 0.717) is 35.0 Å². The minimum absolute atomic E-state index is 0.276. The number of alkyl halides is 3. The van der Waals surface area contributed by atoms with Gasteiger partial charge in [-0.1, -0.05) is 74.5 Å². The van der Waals surface area contributed by atoms with Crippen molar-refractivity contribution in [2.24, 2.45) is 13.0 Å². The SMILES string of the molecule is CC(C)Cc1nn(C)c(=O)c2c(-c3cccc(C(O)C(F)(F)F)c3)n(Cc3cccc4ccccc34)cc12. The van der Waals surface area contributed by atoms with E-state index in [1.165, 1.54) is 22.9 Å². The molecule has 5 aromatic rings. The number of aryl methyl sites for hydroxylation is 1. The molecule has 0 aliphatic rings. The first kappa shape index (κ1) is 25.7. The Bertz CT molecular complexity index is 1690. The molecule has 5 rings (SSSR count). The highest BCUT2D eigenvalue weighted by Crippen LogP contribution is 2.37. The van der Waals surface area contributed by atoms with Crippen molar-refractivity contribution in [2.75, 3.05) is 0 Å². The van der Waals surface area contributed by atoms with Crippen molar-refractivity contribution >= 4 is 21.5 Å². The molecule has 0 radical (unpaired) electrons. The Labute approximate surface area is 217 Å². The number of nitrogens with zero attached hydrogens (tertiary/aromatic N) is 3. The maximum Gasteiger partial charge on any atom is 0.418 e. The topological polar surface area (TPSA) is 60.1 Å². The summed E-state index contributed by atoms with van der Waals surface area (Å²) in [7, 11) is 1.58. The summed E-state index contributed by atoms with van der Waals surface area (Å²) in [6.45, 7) is 4.52. The van der Waals surface area contributed by atoms with E-state index in [-0.39, 0.29) is 17.0 Å². The lowest BCUT2D eigenvalue weighted by Crippen LogP contribution is -2.22. The fourth-order valence-electron chi connectivity index (χ4n) is 5.06. The van der Waals surface area contributed by atoms with Gasteiger partial charge in [0.25, 0.3) is 5.56 Å². The molecule has 0 spiro atoms. The number of fused-ring (bicyclic) bond motifs is 2. The quantitative estimate of drug-likeness (QED) is 0.283. The number of benzene rings is 3. The van der Waals surface area contributed by atoms with Crippen LogP contribution in [0.15, 0.2) is 77.7 Å². The van der Waals surface area contributed by atoms with Crippen LogP contribution in [0.1, 0.15) is 36.8 Å². The van der Waals surface area contributed by atoms with Crippen molar-refractivity contribution in [3.05, 3.63) is 100 Å². The van der Waals surface area contributed by atoms with Crippen LogP contribution in [0.4, 0.5) is 13.2 Å². The first-order valence-corrected chi connectivity index (χ1v) is 12.5. The van der Waals surface area contributed by atoms with Crippen molar-refractivity contribution in [1.29, 1.82) is 0 Å². The molecule has 38 heavy (non-hydrogen) atoms. The van der Waals surface area contributed by atoms with Crippen LogP contribution in [-0.4, -0.2) is 25.6 Å². The highest BCUT2D eigenvalue weighted by atomic mass is 19.4. The predicted octanol–water partition coefficient (Wildman–Crippen LogP) is 6.40. The summed E-state index contributed by atoms with van der Waals surface area (Å²) >= 11 is 0. The lowest BCUT2D eigenvalue weighted by atomic mass is 10.0. The number of aromatic nitrogens is 3. The van der Waals surface area contributed by atoms with Crippen LogP contribution in [0.25, 0.3) is 32.8 Å². The van der Waals surface area contributed by atoms with E-state index >= 15 is 0 Å². The Morgan fingerprint density at radius 3 is 2.42 bits per heavy atom. The largest absolute Gasteiger partial charge is 0.418 e. The van der Waals surface area contributed by atoms with Gasteiger partial charge in [0.1, 0.15) is 0 Å². The zero-order chi connectivity index (χ0) is 27.2. The molecule has 2 heterocycles. The smallest absolute Gasteiger partial charge is 0.379 e. The van der Waals surface area contributed by atoms with Gasteiger partial charge in [-0.2, -0.15) is 18.3 Å². The lowest BCUT2D eigenvalue weighted by Gasteiger charge is -2.17. The van der Waals surface area contributed by atoms with Crippen LogP contribution >= 0.6 is 0 Å². The number of halogens is 3. The molecule has 1 atom stereocenters. The van der Waals surface area contributed by atoms with Crippen molar-refractivity contribution in [2.45, 2.75) is 39.1 Å². The molecular formula is C30H28F3N3O2. The monoisotopic (exact) mass is 519 g/mol. The molecule has 0 bridgehead atoms. The summed E-state index contributed by atoms with van der Waals surface area (Å²) in [5.74, 6) is 0.276. The maximum absolute atomic E-state index is 13.5. The Morgan fingerprint density at radius 1 is 0.974 bits per heavy atom. The van der Waals surface area contributed by atoms with E-state index in [1.54, 1.807) is 13.1 Å². The Kier molecular flexibility index (Phi) is 6.61. The summed E-state index contributed by atoms with van der Waals surface area (Å²) in [6, 6.07) is 19.7. The van der Waals surface area contributed by atoms with Crippen LogP contribution < -0.4 is 5.56 Å². The predicted molar refractivity (Wildman–Crippen MR) is 143 cm³/mol. The van der Waals surface area contributed by atoms with Gasteiger partial charge in [-0.15, -0.1) is 0 Å². The molecule has 0 saturated heterocycles. The Hall–Kier alpha value is -3.91. The zero-order valence-electron chi connectivity index (χ0n) is 21.3. The molecule has 0 fully saturated rings. The molecule has 0 aliphatic carbocycles. The molecule has 3 aromatic carbocycles. The number of aliphatic hydroxyl groups excluding tert-OH is 1. The summed E-state index contributed by atoms with van der Waals surface area (Å²) in [6.07, 6.45) is -4.92. The van der Waals surface area contributed by atoms with Crippen LogP contribution in [-0.2, 0) is 20.0 Å². The van der Waals surface area contributed by atoms with Gasteiger partial charge in [0.15, 0.2) is 6.10 Å². The fourth-order valence-corrected chi connectivity index (χ4v) is 5.06. The first-order chi connectivity index (χ1) is 18.0. The summed E-state index contributed by atoms with van der Waals surface area (Å²) in [4.78, 5) is 13.5. The number of aliphatic hydroxyl groups is 1. The van der Waals surface area contributed by atoms with Crippen LogP contribution in [0, 0.1) is 5.92 Å². The molecule has 196 valence electrons. The average molecular weight is 520 g/mol. The standard InChI is InChI=1S/C30H28F3N3O2/c1-18(2)14-25-24-17-36(16-22-12-6-9-19-8-4-5-13-23(19)22)27(26(24)29(38)35(3)34-25)20-10-7-11-21(15-20)28(37)30(31,32)33/h4-13,15,17-18,28,37H,14,16H2,1-3H3. The molecule has 5 nitrogen and oxygen atoms in total. The molecule has 1 N–H and O–H groups in total. The van der Waals surface area contributed by atoms with Crippen molar-refractivity contribution in [1.82, 2.24) is 14.3 Å². The Balaban J connectivity index is 1.79. The van der Waals surface area contributed by atoms with Crippen LogP contribution in [0.5, 0.6) is 0 Å². The van der Waals surface area contributed by atoms with Crippen molar-refractivity contribution in [3.8, 4) is 11.3 Å². The number of rotatable bonds is 6. The third-order valence-corrected chi connectivity index (χ3v) is 6.78. The van der Waals surface area contributed by atoms with Crippen molar-refractivity contribution in [3.63, 3.8) is 0 Å². The second kappa shape index (κ2) is 9.76. The molecule has 2 aromatic heterocycles. The summed E-state index contributed by atoms with van der Waals surface area (Å²) in [5, 5.41) is 17.7. The highest BCUT2D eigenvalue weighted by Gasteiger charge is 2.39. The second-order valence-corrected chi connectivity index (χ2v) is 10.1. The third-order valence-electron chi connectivity index (χ3n) is 6.78. The van der Waals surface area contributed by atoms with Gasteiger partial charge >= 0.3 is 6.18 Å². The minimum atomic E-state index is -4.81. The van der Waals surface area contributed by atoms with Gasteiger partial charge in [0.2, 0.25) is 0 Å². The van der Waals surface area contributed by atoms with Gasteiger partial charge in [0, 0.05) is 25.2 Å². The summed E-state index contributed by atoms with van der Waals surface area (Å²) < 4.78 is 43.3. The van der Waals surface area contributed by atoms with Gasteiger partial charge in [-0.25, -0.2) is 4.68 Å². The average Bonchev–Trinajstić information content (AvgIpc) is 3.26. The van der Waals surface area contributed by atoms with Crippen LogP contribution in [0.3, 0.4) is 0 Å². The minimum Gasteiger partial charge on any atom is -0.379 e. The van der Waals surface area contributed by atoms with E-state index in [2.05, 4.69) is 18.9 Å². The second-order valence-electron chi connectivity index (χ2n) is 10.1. The van der Waals surface area contributed by atoms with Gasteiger partial charge in [0.05, 0.1) is 16.8 Å². The van der Waals surface area contributed by atoms with E-state index in [0.717, 1.165) is 22.0 Å². The Morgan fingerprint density at radius 2 is 1.68 bits per heavy atom. The third kappa shape index (κ3) is 4.72. The number of hydrogen-bond acceptors (Lipinski definition) is 3. The normalized spacial score (nSPS) is 13.1. The number of hydrogen-bond donors (Lipinski definition) is 1. The van der Waals surface area contributed by atoms with E-state index < -0.39 is 12.3 Å². The maximum atomic E-state index is 13.5. The van der Waals surface area contributed by atoms with Gasteiger partial charge < -0.3 is 9.67 Å². The summed E-state index contributed by atoms with van der Waals surface area (Å²) in [5.41, 5.74) is 2.06. The molecule has 0 aliphatic heterocycles. The van der Waals surface area contributed by atoms with Gasteiger partial charge in [-0.05, 0) is 45.9 Å². The zero-order valence-corrected chi connectivity index (χ0v) is 21.3. The van der Waals surface area contributed by atoms with Crippen molar-refractivity contribution < 1.29 is 18.3 Å². The lowest BCUT2D eigenvalue weighted by molar-refractivity contribution is -0.206. The molecule has 8 heteroatoms. The first-order valence-electron chi connectivity index (χ1n) is 12.5. The molecule has 0 saturated carbocycles. The van der Waals surface area contributed by atoms with E-state index in [9.17, 15) is 23.1 Å². The molecule has 0 amide bonds. The van der Waals surface area contributed by atoms with Gasteiger partial charge in [-0.3, -0.25) is 4.79 Å².